The molecule has 0 aliphatic carbocycles. The second-order valence-electron chi connectivity index (χ2n) is 13.7. The number of aromatic nitrogens is 2. The van der Waals surface area contributed by atoms with Crippen LogP contribution in [0.2, 0.25) is 0 Å². The van der Waals surface area contributed by atoms with Gasteiger partial charge in [-0.2, -0.15) is 19.6 Å². The zero-order chi connectivity index (χ0) is 34.0. The highest BCUT2D eigenvalue weighted by atomic mass is 32.1. The smallest absolute Gasteiger partial charge is 0.412 e. The second kappa shape index (κ2) is 11.6. The molecule has 2 fully saturated rings. The fraction of sp³-hybridized carbons (Fsp3) is 0.424. The zero-order valence-corrected chi connectivity index (χ0v) is 27.5. The van der Waals surface area contributed by atoms with Crippen LogP contribution >= 0.6 is 11.3 Å². The Morgan fingerprint density at radius 3 is 2.30 bits per heavy atom. The van der Waals surface area contributed by atoms with Gasteiger partial charge in [0.1, 0.15) is 39.4 Å². The van der Waals surface area contributed by atoms with E-state index in [9.17, 15) is 19.2 Å². The summed E-state index contributed by atoms with van der Waals surface area (Å²) >= 11 is 1.05. The van der Waals surface area contributed by atoms with Gasteiger partial charge in [0.05, 0.1) is 23.2 Å². The topological polar surface area (TPSA) is 121 Å². The molecule has 14 heteroatoms. The van der Waals surface area contributed by atoms with Gasteiger partial charge in [-0.25, -0.2) is 18.4 Å². The quantitative estimate of drug-likeness (QED) is 0.221. The van der Waals surface area contributed by atoms with Gasteiger partial charge in [0.25, 0.3) is 0 Å². The summed E-state index contributed by atoms with van der Waals surface area (Å²) in [6.45, 7) is 11.0. The Labute approximate surface area is 273 Å². The van der Waals surface area contributed by atoms with Crippen molar-refractivity contribution in [3.8, 4) is 17.2 Å². The van der Waals surface area contributed by atoms with E-state index in [2.05, 4.69) is 15.3 Å². The summed E-state index contributed by atoms with van der Waals surface area (Å²) in [6, 6.07) is 7.28. The van der Waals surface area contributed by atoms with E-state index >= 15 is 8.78 Å². The summed E-state index contributed by atoms with van der Waals surface area (Å²) in [4.78, 5) is 36.6. The molecule has 2 amide bonds. The predicted molar refractivity (Wildman–Crippen MR) is 172 cm³/mol. The number of nitrogens with zero attached hydrogens (tertiary/aromatic N) is 5. The number of fused-ring (bicyclic) bond motifs is 4. The van der Waals surface area contributed by atoms with Crippen LogP contribution in [0.25, 0.3) is 32.1 Å². The molecule has 2 unspecified atom stereocenters. The maximum absolute atomic E-state index is 16.4. The molecule has 246 valence electrons. The van der Waals surface area contributed by atoms with Gasteiger partial charge in [-0.15, -0.1) is 11.3 Å². The Morgan fingerprint density at radius 2 is 1.68 bits per heavy atom. The van der Waals surface area contributed by atoms with E-state index in [4.69, 9.17) is 9.47 Å². The number of halogens is 3. The van der Waals surface area contributed by atoms with Crippen molar-refractivity contribution in [1.82, 2.24) is 14.9 Å². The standard InChI is InChI=1S/C33H33F3N6O4S/c1-32(2,3)45-30(43)40-28-20(13-37)23-18(8-7-9-22(23)47-28)24-21(34)12-19-26(25(24)35)38-29(36)39-27(19)41-14-16-10-11-17(15-41)42(16)31(44)46-33(4,5)6/h7-9,12,16-17H,10-11,14-15H2,1-6H3,(H,40,43). The molecule has 10 nitrogen and oxygen atoms in total. The van der Waals surface area contributed by atoms with E-state index in [1.54, 1.807) is 63.5 Å². The SMILES string of the molecule is CC(C)(C)OC(=O)Nc1sc2cccc(-c3c(F)cc4c(N5CC6CCC(C5)N6C(=O)OC(C)(C)C)nc(F)nc4c3F)c2c1C#N. The molecule has 2 atom stereocenters. The number of ether oxygens (including phenoxy) is 2. The van der Waals surface area contributed by atoms with Crippen molar-refractivity contribution in [2.24, 2.45) is 0 Å². The summed E-state index contributed by atoms with van der Waals surface area (Å²) in [5.41, 5.74) is -2.36. The molecule has 2 saturated heterocycles. The van der Waals surface area contributed by atoms with Gasteiger partial charge in [-0.05, 0) is 72.1 Å². The summed E-state index contributed by atoms with van der Waals surface area (Å²) in [5.74, 6) is -2.07. The number of carbonyl (C=O) groups is 2. The van der Waals surface area contributed by atoms with E-state index < -0.39 is 52.2 Å². The van der Waals surface area contributed by atoms with Crippen LogP contribution in [-0.4, -0.2) is 63.4 Å². The maximum atomic E-state index is 16.4. The van der Waals surface area contributed by atoms with Crippen molar-refractivity contribution < 1.29 is 32.2 Å². The lowest BCUT2D eigenvalue weighted by Gasteiger charge is -2.42. The monoisotopic (exact) mass is 666 g/mol. The highest BCUT2D eigenvalue weighted by molar-refractivity contribution is 7.23. The summed E-state index contributed by atoms with van der Waals surface area (Å²) < 4.78 is 59.0. The van der Waals surface area contributed by atoms with Crippen molar-refractivity contribution in [1.29, 1.82) is 5.26 Å². The first kappa shape index (κ1) is 32.3. The molecule has 6 rings (SSSR count). The van der Waals surface area contributed by atoms with Gasteiger partial charge in [0.2, 0.25) is 0 Å². The fourth-order valence-electron chi connectivity index (χ4n) is 6.28. The Morgan fingerprint density at radius 1 is 1.02 bits per heavy atom. The van der Waals surface area contributed by atoms with Crippen LogP contribution in [0.4, 0.5) is 33.6 Å². The summed E-state index contributed by atoms with van der Waals surface area (Å²) in [7, 11) is 0. The van der Waals surface area contributed by atoms with Crippen molar-refractivity contribution in [2.75, 3.05) is 23.3 Å². The van der Waals surface area contributed by atoms with Crippen LogP contribution < -0.4 is 10.2 Å². The fourth-order valence-corrected chi connectivity index (χ4v) is 7.34. The van der Waals surface area contributed by atoms with Crippen molar-refractivity contribution in [3.05, 3.63) is 47.5 Å². The Bertz CT molecular complexity index is 1970. The first-order valence-electron chi connectivity index (χ1n) is 15.1. The van der Waals surface area contributed by atoms with Gasteiger partial charge in [0, 0.05) is 28.6 Å². The molecule has 0 radical (unpaired) electrons. The number of thiophene rings is 1. The van der Waals surface area contributed by atoms with E-state index in [1.807, 2.05) is 6.07 Å². The number of anilines is 2. The third kappa shape index (κ3) is 6.12. The molecule has 4 heterocycles. The van der Waals surface area contributed by atoms with Gasteiger partial charge in [-0.1, -0.05) is 12.1 Å². The van der Waals surface area contributed by atoms with E-state index in [-0.39, 0.29) is 57.9 Å². The van der Waals surface area contributed by atoms with Crippen LogP contribution in [0, 0.1) is 29.0 Å². The van der Waals surface area contributed by atoms with Crippen molar-refractivity contribution in [3.63, 3.8) is 0 Å². The molecule has 2 aliphatic rings. The van der Waals surface area contributed by atoms with Crippen LogP contribution in [0.1, 0.15) is 59.9 Å². The van der Waals surface area contributed by atoms with Crippen LogP contribution in [-0.2, 0) is 9.47 Å². The minimum absolute atomic E-state index is 0.00162. The third-order valence-electron chi connectivity index (χ3n) is 7.93. The van der Waals surface area contributed by atoms with Crippen LogP contribution in [0.5, 0.6) is 0 Å². The molecule has 2 aliphatic heterocycles. The molecule has 4 aromatic rings. The number of amides is 2. The summed E-state index contributed by atoms with van der Waals surface area (Å²) in [5, 5.41) is 13.0. The Hall–Kier alpha value is -4.64. The molecule has 0 saturated carbocycles. The van der Waals surface area contributed by atoms with Gasteiger partial charge < -0.3 is 14.4 Å². The minimum atomic E-state index is -1.19. The van der Waals surface area contributed by atoms with Gasteiger partial charge in [-0.3, -0.25) is 10.2 Å². The molecule has 2 aromatic carbocycles. The van der Waals surface area contributed by atoms with Crippen molar-refractivity contribution in [2.45, 2.75) is 77.7 Å². The molecular weight excluding hydrogens is 633 g/mol. The van der Waals surface area contributed by atoms with E-state index in [1.165, 1.54) is 6.07 Å². The van der Waals surface area contributed by atoms with Crippen LogP contribution in [0.3, 0.4) is 0 Å². The lowest BCUT2D eigenvalue weighted by Crippen LogP contribution is -2.57. The number of hydrogen-bond acceptors (Lipinski definition) is 9. The van der Waals surface area contributed by atoms with E-state index in [0.717, 1.165) is 17.4 Å². The molecule has 2 bridgehead atoms. The lowest BCUT2D eigenvalue weighted by molar-refractivity contribution is 0.0122. The largest absolute Gasteiger partial charge is 0.444 e. The number of nitriles is 1. The van der Waals surface area contributed by atoms with Gasteiger partial charge >= 0.3 is 18.3 Å². The predicted octanol–water partition coefficient (Wildman–Crippen LogP) is 7.74. The van der Waals surface area contributed by atoms with Crippen LogP contribution in [0.15, 0.2) is 24.3 Å². The Balaban J connectivity index is 1.41. The highest BCUT2D eigenvalue weighted by Crippen LogP contribution is 2.44. The summed E-state index contributed by atoms with van der Waals surface area (Å²) in [6.07, 6.45) is -1.04. The number of carbonyl (C=O) groups excluding carboxylic acids is 2. The second-order valence-corrected chi connectivity index (χ2v) is 14.7. The number of benzene rings is 2. The first-order valence-corrected chi connectivity index (χ1v) is 15.9. The molecule has 2 aromatic heterocycles. The average molecular weight is 667 g/mol. The number of nitrogens with one attached hydrogen (secondary N) is 1. The molecule has 1 N–H and O–H groups in total. The minimum Gasteiger partial charge on any atom is -0.444 e. The van der Waals surface area contributed by atoms with Gasteiger partial charge in [0.15, 0.2) is 5.82 Å². The number of rotatable bonds is 3. The normalized spacial score (nSPS) is 18.0. The van der Waals surface area contributed by atoms with E-state index in [0.29, 0.717) is 17.5 Å². The maximum Gasteiger partial charge on any atom is 0.412 e. The number of hydrogen-bond donors (Lipinski definition) is 1. The Kier molecular flexibility index (Phi) is 7.94. The van der Waals surface area contributed by atoms with Crippen molar-refractivity contribution >= 4 is 55.3 Å². The molecule has 47 heavy (non-hydrogen) atoms. The lowest BCUT2D eigenvalue weighted by atomic mass is 9.97. The highest BCUT2D eigenvalue weighted by Gasteiger charge is 2.45. The number of piperazine rings is 1. The molecule has 0 spiro atoms. The molecular formula is C33H33F3N6O4S. The first-order chi connectivity index (χ1) is 22.0. The average Bonchev–Trinajstić information content (AvgIpc) is 3.44. The zero-order valence-electron chi connectivity index (χ0n) is 26.7. The third-order valence-corrected chi connectivity index (χ3v) is 9.00.